The van der Waals surface area contributed by atoms with Crippen molar-refractivity contribution in [2.45, 2.75) is 66.2 Å². The lowest BCUT2D eigenvalue weighted by atomic mass is 9.77. The quantitative estimate of drug-likeness (QED) is 0.283. The van der Waals surface area contributed by atoms with Gasteiger partial charge in [-0.15, -0.1) is 0 Å². The molecule has 0 heterocycles. The molecule has 0 N–H and O–H groups in total. The van der Waals surface area contributed by atoms with E-state index in [1.165, 1.54) is 11.1 Å². The Balaban J connectivity index is 2.84. The molecule has 0 saturated heterocycles. The van der Waals surface area contributed by atoms with Crippen LogP contribution in [-0.4, -0.2) is 12.9 Å². The Labute approximate surface area is 182 Å². The van der Waals surface area contributed by atoms with Crippen molar-refractivity contribution in [3.63, 3.8) is 0 Å². The predicted molar refractivity (Wildman–Crippen MR) is 129 cm³/mol. The summed E-state index contributed by atoms with van der Waals surface area (Å²) in [6.45, 7) is 18.0. The SMILES string of the molecule is CCOc1c(-c2ccccc2/C=C/C(C)=C/C=O)cc(C(C)(C)C)cc1C(C)(C)C. The summed E-state index contributed by atoms with van der Waals surface area (Å²) in [5.41, 5.74) is 6.76. The molecule has 0 aliphatic heterocycles. The van der Waals surface area contributed by atoms with E-state index in [4.69, 9.17) is 4.74 Å². The van der Waals surface area contributed by atoms with Gasteiger partial charge in [-0.3, -0.25) is 4.79 Å². The zero-order valence-corrected chi connectivity index (χ0v) is 19.8. The van der Waals surface area contributed by atoms with Gasteiger partial charge in [0.15, 0.2) is 0 Å². The molecular weight excluding hydrogens is 368 g/mol. The van der Waals surface area contributed by atoms with Gasteiger partial charge in [0.25, 0.3) is 0 Å². The molecule has 160 valence electrons. The molecule has 2 aromatic rings. The van der Waals surface area contributed by atoms with E-state index in [0.29, 0.717) is 6.61 Å². The van der Waals surface area contributed by atoms with Crippen LogP contribution < -0.4 is 4.74 Å². The highest BCUT2D eigenvalue weighted by atomic mass is 16.5. The second-order valence-corrected chi connectivity index (χ2v) is 9.80. The van der Waals surface area contributed by atoms with Crippen LogP contribution in [0, 0.1) is 0 Å². The first-order valence-corrected chi connectivity index (χ1v) is 10.7. The number of allylic oxidation sites excluding steroid dienone is 3. The Kier molecular flexibility index (Phi) is 7.47. The molecule has 0 bridgehead atoms. The number of ether oxygens (including phenoxy) is 1. The minimum atomic E-state index is -0.0470. The topological polar surface area (TPSA) is 26.3 Å². The van der Waals surface area contributed by atoms with Crippen molar-refractivity contribution in [3.05, 3.63) is 70.8 Å². The fourth-order valence-electron chi connectivity index (χ4n) is 3.39. The number of hydrogen-bond donors (Lipinski definition) is 0. The minimum Gasteiger partial charge on any atom is -0.493 e. The fourth-order valence-corrected chi connectivity index (χ4v) is 3.39. The molecule has 0 atom stereocenters. The van der Waals surface area contributed by atoms with Crippen molar-refractivity contribution in [1.82, 2.24) is 0 Å². The van der Waals surface area contributed by atoms with Crippen molar-refractivity contribution in [1.29, 1.82) is 0 Å². The van der Waals surface area contributed by atoms with E-state index in [-0.39, 0.29) is 10.8 Å². The van der Waals surface area contributed by atoms with Gasteiger partial charge in [0.2, 0.25) is 0 Å². The van der Waals surface area contributed by atoms with Gasteiger partial charge in [-0.2, -0.15) is 0 Å². The Morgan fingerprint density at radius 3 is 2.20 bits per heavy atom. The van der Waals surface area contributed by atoms with Crippen LogP contribution in [0.2, 0.25) is 0 Å². The third-order valence-electron chi connectivity index (χ3n) is 5.16. The molecule has 0 amide bonds. The number of carbonyl (C=O) groups is 1. The van der Waals surface area contributed by atoms with Gasteiger partial charge in [0.1, 0.15) is 12.0 Å². The lowest BCUT2D eigenvalue weighted by molar-refractivity contribution is -0.104. The minimum absolute atomic E-state index is 0.0214. The van der Waals surface area contributed by atoms with Crippen LogP contribution in [0.4, 0.5) is 0 Å². The van der Waals surface area contributed by atoms with Gasteiger partial charge in [-0.25, -0.2) is 0 Å². The molecule has 0 saturated carbocycles. The fraction of sp³-hybridized carbons (Fsp3) is 0.393. The summed E-state index contributed by atoms with van der Waals surface area (Å²) in [7, 11) is 0. The first-order valence-electron chi connectivity index (χ1n) is 10.7. The normalized spacial score (nSPS) is 13.0. The zero-order valence-electron chi connectivity index (χ0n) is 19.8. The zero-order chi connectivity index (χ0) is 22.5. The summed E-state index contributed by atoms with van der Waals surface area (Å²) in [6, 6.07) is 13.0. The van der Waals surface area contributed by atoms with Gasteiger partial charge in [-0.1, -0.05) is 84.0 Å². The van der Waals surface area contributed by atoms with E-state index in [2.05, 4.69) is 78.0 Å². The highest BCUT2D eigenvalue weighted by Gasteiger charge is 2.27. The summed E-state index contributed by atoms with van der Waals surface area (Å²) in [5.74, 6) is 0.957. The van der Waals surface area contributed by atoms with Crippen LogP contribution in [0.25, 0.3) is 17.2 Å². The molecule has 0 aliphatic carbocycles. The molecule has 0 spiro atoms. The standard InChI is InChI=1S/C28H36O2/c1-9-30-26-24(18-22(27(3,4)5)19-25(26)28(6,7)8)23-13-11-10-12-21(23)15-14-20(2)16-17-29/h10-19H,9H2,1-8H3/b15-14+,20-16+. The molecule has 2 aromatic carbocycles. The number of aldehydes is 1. The van der Waals surface area contributed by atoms with Gasteiger partial charge in [-0.05, 0) is 59.1 Å². The lowest BCUT2D eigenvalue weighted by Gasteiger charge is -2.29. The molecule has 2 heteroatoms. The predicted octanol–water partition coefficient (Wildman–Crippen LogP) is 7.51. The molecule has 0 radical (unpaired) electrons. The maximum Gasteiger partial charge on any atom is 0.143 e. The molecule has 0 unspecified atom stereocenters. The van der Waals surface area contributed by atoms with Crippen molar-refractivity contribution in [2.24, 2.45) is 0 Å². The van der Waals surface area contributed by atoms with Crippen molar-refractivity contribution in [2.75, 3.05) is 6.61 Å². The second kappa shape index (κ2) is 9.47. The van der Waals surface area contributed by atoms with Crippen LogP contribution in [-0.2, 0) is 15.6 Å². The number of hydrogen-bond acceptors (Lipinski definition) is 2. The third-order valence-corrected chi connectivity index (χ3v) is 5.16. The van der Waals surface area contributed by atoms with Crippen LogP contribution >= 0.6 is 0 Å². The second-order valence-electron chi connectivity index (χ2n) is 9.80. The van der Waals surface area contributed by atoms with E-state index < -0.39 is 0 Å². The van der Waals surface area contributed by atoms with Crippen LogP contribution in [0.5, 0.6) is 5.75 Å². The van der Waals surface area contributed by atoms with E-state index in [1.807, 2.05) is 26.0 Å². The van der Waals surface area contributed by atoms with E-state index in [9.17, 15) is 4.79 Å². The van der Waals surface area contributed by atoms with Crippen LogP contribution in [0.1, 0.15) is 72.1 Å². The van der Waals surface area contributed by atoms with Crippen molar-refractivity contribution >= 4 is 12.4 Å². The Hall–Kier alpha value is -2.61. The van der Waals surface area contributed by atoms with E-state index >= 15 is 0 Å². The smallest absolute Gasteiger partial charge is 0.143 e. The average Bonchev–Trinajstić information content (AvgIpc) is 2.65. The molecule has 0 aliphatic rings. The van der Waals surface area contributed by atoms with Crippen LogP contribution in [0.15, 0.2) is 54.1 Å². The van der Waals surface area contributed by atoms with Gasteiger partial charge in [0, 0.05) is 11.1 Å². The lowest BCUT2D eigenvalue weighted by Crippen LogP contribution is -2.18. The number of carbonyl (C=O) groups excluding carboxylic acids is 1. The molecule has 2 rings (SSSR count). The van der Waals surface area contributed by atoms with Gasteiger partial charge in [0.05, 0.1) is 6.61 Å². The Morgan fingerprint density at radius 1 is 0.967 bits per heavy atom. The molecule has 0 aromatic heterocycles. The maximum atomic E-state index is 10.8. The van der Waals surface area contributed by atoms with Crippen molar-refractivity contribution in [3.8, 4) is 16.9 Å². The summed E-state index contributed by atoms with van der Waals surface area (Å²) in [5, 5.41) is 0. The molecule has 0 fully saturated rings. The van der Waals surface area contributed by atoms with Gasteiger partial charge >= 0.3 is 0 Å². The maximum absolute atomic E-state index is 10.8. The Morgan fingerprint density at radius 2 is 1.63 bits per heavy atom. The van der Waals surface area contributed by atoms with E-state index in [1.54, 1.807) is 6.08 Å². The van der Waals surface area contributed by atoms with E-state index in [0.717, 1.165) is 34.3 Å². The van der Waals surface area contributed by atoms with Gasteiger partial charge < -0.3 is 4.74 Å². The first-order chi connectivity index (χ1) is 14.0. The highest BCUT2D eigenvalue weighted by Crippen LogP contribution is 2.44. The Bertz CT molecular complexity index is 948. The third kappa shape index (κ3) is 5.72. The summed E-state index contributed by atoms with van der Waals surface area (Å²) in [6.07, 6.45) is 6.44. The molecule has 30 heavy (non-hydrogen) atoms. The summed E-state index contributed by atoms with van der Waals surface area (Å²) >= 11 is 0. The number of rotatable bonds is 6. The monoisotopic (exact) mass is 404 g/mol. The first kappa shape index (κ1) is 23.7. The largest absolute Gasteiger partial charge is 0.493 e. The summed E-state index contributed by atoms with van der Waals surface area (Å²) in [4.78, 5) is 10.8. The summed E-state index contributed by atoms with van der Waals surface area (Å²) < 4.78 is 6.25. The molecular formula is C28H36O2. The highest BCUT2D eigenvalue weighted by molar-refractivity contribution is 5.82. The van der Waals surface area contributed by atoms with Crippen LogP contribution in [0.3, 0.4) is 0 Å². The number of benzene rings is 2. The molecule has 2 nitrogen and oxygen atoms in total. The average molecular weight is 405 g/mol. The van der Waals surface area contributed by atoms with Crippen molar-refractivity contribution < 1.29 is 9.53 Å².